The number of hydrogen-bond donors (Lipinski definition) is 5. The maximum Gasteiger partial charge on any atom is 0.311 e. The molecule has 0 radical (unpaired) electrons. The Labute approximate surface area is 323 Å². The summed E-state index contributed by atoms with van der Waals surface area (Å²) in [4.78, 5) is 18.0. The smallest absolute Gasteiger partial charge is 0.311 e. The van der Waals surface area contributed by atoms with Crippen molar-refractivity contribution in [2.24, 2.45) is 17.8 Å². The van der Waals surface area contributed by atoms with E-state index in [4.69, 9.17) is 28.4 Å². The lowest BCUT2D eigenvalue weighted by molar-refractivity contribution is -0.318. The lowest BCUT2D eigenvalue weighted by Gasteiger charge is -2.48. The summed E-state index contributed by atoms with van der Waals surface area (Å²) in [7, 11) is 7.12. The van der Waals surface area contributed by atoms with Gasteiger partial charge in [0, 0.05) is 38.1 Å². The monoisotopic (exact) mass is 785 g/mol. The number of aliphatic hydroxyl groups is 5. The van der Waals surface area contributed by atoms with E-state index in [1.54, 1.807) is 41.5 Å². The Bertz CT molecular complexity index is 1150. The predicted octanol–water partition coefficient (Wildman–Crippen LogP) is 0.251. The minimum Gasteiger partial charge on any atom is -0.459 e. The number of likely N-dealkylation sites (N-methyl/N-ethyl adjacent to an activating group) is 2. The Morgan fingerprint density at radius 1 is 0.926 bits per heavy atom. The van der Waals surface area contributed by atoms with Crippen LogP contribution in [-0.4, -0.2) is 177 Å². The average molecular weight is 785 g/mol. The van der Waals surface area contributed by atoms with Gasteiger partial charge < -0.3 is 74.7 Å². The number of cyclic esters (lactones) is 1. The van der Waals surface area contributed by atoms with Crippen LogP contribution in [0.1, 0.15) is 94.9 Å². The number of nitrogens with zero attached hydrogens (tertiary/aromatic N) is 2. The molecular weight excluding hydrogens is 708 g/mol. The first-order chi connectivity index (χ1) is 23.9. The first-order valence-electron chi connectivity index (χ1n) is 19.1. The van der Waals surface area contributed by atoms with Gasteiger partial charge in [-0.3, -0.25) is 4.79 Å². The SMILES string of the molecule is CCC1OC(=O)C(C)C(OC2CC(C)(OC)C(O)C(C)O2)C(C)C(OC2OC(C)CC(N(C)C)C2O)C(C)(O)CC(C)CN(C)C(C)C(O)C1(C)O.O.O. The van der Waals surface area contributed by atoms with Gasteiger partial charge in [-0.2, -0.15) is 0 Å². The molecule has 18 atom stereocenters. The lowest BCUT2D eigenvalue weighted by Crippen LogP contribution is -2.60. The summed E-state index contributed by atoms with van der Waals surface area (Å²) in [6.07, 6.45) is -8.19. The van der Waals surface area contributed by atoms with E-state index in [1.807, 2.05) is 51.7 Å². The molecule has 0 aliphatic carbocycles. The van der Waals surface area contributed by atoms with Crippen molar-refractivity contribution >= 4 is 5.97 Å². The zero-order valence-electron chi connectivity index (χ0n) is 35.2. The van der Waals surface area contributed by atoms with Gasteiger partial charge >= 0.3 is 5.97 Å². The van der Waals surface area contributed by atoms with Crippen molar-refractivity contribution in [1.82, 2.24) is 9.80 Å². The van der Waals surface area contributed by atoms with Crippen LogP contribution >= 0.6 is 0 Å². The fraction of sp³-hybridized carbons (Fsp3) is 0.974. The average Bonchev–Trinajstić information content (AvgIpc) is 3.05. The number of hydrogen-bond acceptors (Lipinski definition) is 14. The highest BCUT2D eigenvalue weighted by Gasteiger charge is 2.52. The van der Waals surface area contributed by atoms with E-state index in [2.05, 4.69) is 0 Å². The van der Waals surface area contributed by atoms with Crippen molar-refractivity contribution in [3.8, 4) is 0 Å². The Hall–Kier alpha value is -1.09. The van der Waals surface area contributed by atoms with E-state index in [0.29, 0.717) is 13.0 Å². The Morgan fingerprint density at radius 3 is 2.06 bits per heavy atom. The molecule has 0 aromatic rings. The van der Waals surface area contributed by atoms with E-state index in [-0.39, 0.29) is 48.3 Å². The summed E-state index contributed by atoms with van der Waals surface area (Å²) < 4.78 is 37.5. The molecule has 3 fully saturated rings. The Morgan fingerprint density at radius 2 is 1.52 bits per heavy atom. The second-order valence-electron chi connectivity index (χ2n) is 17.2. The highest BCUT2D eigenvalue weighted by molar-refractivity contribution is 5.73. The van der Waals surface area contributed by atoms with Gasteiger partial charge in [-0.05, 0) is 94.8 Å². The van der Waals surface area contributed by atoms with Crippen molar-refractivity contribution in [3.05, 3.63) is 0 Å². The summed E-state index contributed by atoms with van der Waals surface area (Å²) in [5.74, 6) is -2.58. The molecule has 3 aliphatic rings. The number of methoxy groups -OCH3 is 1. The number of rotatable bonds is 7. The molecule has 16 nitrogen and oxygen atoms in total. The fourth-order valence-corrected chi connectivity index (χ4v) is 8.74. The number of esters is 1. The maximum atomic E-state index is 14.2. The molecule has 3 rings (SSSR count). The number of aliphatic hydroxyl groups excluding tert-OH is 3. The Balaban J connectivity index is 0.00000729. The summed E-state index contributed by atoms with van der Waals surface area (Å²) in [5.41, 5.74) is -4.37. The van der Waals surface area contributed by atoms with Crippen LogP contribution in [-0.2, 0) is 33.2 Å². The topological polar surface area (TPSA) is 243 Å². The maximum absolute atomic E-state index is 14.2. The van der Waals surface area contributed by atoms with Crippen molar-refractivity contribution in [1.29, 1.82) is 0 Å². The van der Waals surface area contributed by atoms with Gasteiger partial charge in [-0.25, -0.2) is 0 Å². The third-order valence-corrected chi connectivity index (χ3v) is 12.2. The zero-order chi connectivity index (χ0) is 39.7. The molecule has 322 valence electrons. The van der Waals surface area contributed by atoms with Crippen LogP contribution in [0.25, 0.3) is 0 Å². The lowest BCUT2D eigenvalue weighted by atomic mass is 9.77. The highest BCUT2D eigenvalue weighted by atomic mass is 16.7. The standard InChI is InChI=1S/C38H72N2O12.2H2O/c1-15-27-38(10,46)31(42)24(6)40(13)19-20(2)17-36(8,45)33(52-35-29(41)26(39(11)12)16-21(3)48-35)22(4)30(23(5)34(44)50-27)51-28-18-37(9,47-14)32(43)25(7)49-28;;/h20-33,35,41-43,45-46H,15-19H2,1-14H3;2*1H2. The van der Waals surface area contributed by atoms with Gasteiger partial charge in [0.15, 0.2) is 12.6 Å². The summed E-state index contributed by atoms with van der Waals surface area (Å²) in [6.45, 7) is 18.0. The van der Waals surface area contributed by atoms with E-state index >= 15 is 0 Å². The minimum absolute atomic E-state index is 0. The molecule has 0 aromatic heterocycles. The summed E-state index contributed by atoms with van der Waals surface area (Å²) in [6, 6.07) is -0.808. The quantitative estimate of drug-likeness (QED) is 0.218. The van der Waals surface area contributed by atoms with Gasteiger partial charge in [0.2, 0.25) is 0 Å². The van der Waals surface area contributed by atoms with Gasteiger partial charge in [0.1, 0.15) is 30.0 Å². The number of ether oxygens (including phenoxy) is 6. The largest absolute Gasteiger partial charge is 0.459 e. The van der Waals surface area contributed by atoms with Crippen LogP contribution < -0.4 is 0 Å². The third-order valence-electron chi connectivity index (χ3n) is 12.2. The third kappa shape index (κ3) is 11.3. The van der Waals surface area contributed by atoms with Crippen molar-refractivity contribution in [2.75, 3.05) is 34.8 Å². The Kier molecular flexibility index (Phi) is 18.9. The molecule has 3 heterocycles. The van der Waals surface area contributed by atoms with Gasteiger partial charge in [-0.15, -0.1) is 0 Å². The molecule has 3 aliphatic heterocycles. The molecule has 0 spiro atoms. The van der Waals surface area contributed by atoms with Crippen LogP contribution in [0.3, 0.4) is 0 Å². The van der Waals surface area contributed by atoms with Gasteiger partial charge in [0.05, 0.1) is 41.5 Å². The predicted molar refractivity (Wildman–Crippen MR) is 201 cm³/mol. The highest BCUT2D eigenvalue weighted by Crippen LogP contribution is 2.40. The van der Waals surface area contributed by atoms with Gasteiger partial charge in [0.25, 0.3) is 0 Å². The summed E-state index contributed by atoms with van der Waals surface area (Å²) in [5, 5.41) is 58.1. The van der Waals surface area contributed by atoms with Crippen LogP contribution in [0.2, 0.25) is 0 Å². The normalized spacial score (nSPS) is 47.8. The van der Waals surface area contributed by atoms with E-state index in [1.165, 1.54) is 14.0 Å². The van der Waals surface area contributed by atoms with E-state index in [9.17, 15) is 30.3 Å². The second-order valence-corrected chi connectivity index (χ2v) is 17.2. The van der Waals surface area contributed by atoms with Crippen molar-refractivity contribution < 1.29 is 69.7 Å². The molecule has 3 saturated heterocycles. The molecule has 0 amide bonds. The first kappa shape index (κ1) is 50.9. The molecule has 54 heavy (non-hydrogen) atoms. The molecule has 16 heteroatoms. The molecule has 0 bridgehead atoms. The van der Waals surface area contributed by atoms with Crippen LogP contribution in [0, 0.1) is 17.8 Å². The van der Waals surface area contributed by atoms with Crippen LogP contribution in [0.5, 0.6) is 0 Å². The molecular formula is C38H76N2O14. The van der Waals surface area contributed by atoms with Crippen molar-refractivity contribution in [2.45, 2.75) is 185 Å². The molecule has 18 unspecified atom stereocenters. The molecule has 0 saturated carbocycles. The fourth-order valence-electron chi connectivity index (χ4n) is 8.74. The number of carbonyl (C=O) groups excluding carboxylic acids is 1. The van der Waals surface area contributed by atoms with E-state index < -0.39 is 96.0 Å². The zero-order valence-corrected chi connectivity index (χ0v) is 35.2. The molecule has 9 N–H and O–H groups in total. The van der Waals surface area contributed by atoms with Gasteiger partial charge in [-0.1, -0.05) is 20.8 Å². The minimum atomic E-state index is -1.80. The van der Waals surface area contributed by atoms with Crippen LogP contribution in [0.4, 0.5) is 0 Å². The van der Waals surface area contributed by atoms with Crippen molar-refractivity contribution in [3.63, 3.8) is 0 Å². The van der Waals surface area contributed by atoms with Crippen LogP contribution in [0.15, 0.2) is 0 Å². The van der Waals surface area contributed by atoms with E-state index in [0.717, 1.165) is 0 Å². The summed E-state index contributed by atoms with van der Waals surface area (Å²) >= 11 is 0. The second kappa shape index (κ2) is 20.1. The number of carbonyl (C=O) groups is 1. The molecule has 0 aromatic carbocycles. The first-order valence-corrected chi connectivity index (χ1v) is 19.1.